The number of amides is 1. The number of nitrogens with two attached hydrogens (primary N) is 1. The molecule has 0 aliphatic carbocycles. The normalized spacial score (nSPS) is 19.9. The molecule has 0 bridgehead atoms. The first-order valence-corrected chi connectivity index (χ1v) is 6.61. The van der Waals surface area contributed by atoms with Crippen LogP contribution in [0.25, 0.3) is 10.1 Å². The number of carbonyl (C=O) groups is 1. The van der Waals surface area contributed by atoms with E-state index in [1.165, 1.54) is 16.7 Å². The molecule has 17 heavy (non-hydrogen) atoms. The standard InChI is InChI=1S/C13H14N2OS/c14-13(16)12-11(8-5-6-15-7-8)9-3-1-2-4-10(9)17-12/h1-4,8,15H,5-7H2,(H2,14,16)/t8-/m0/s1. The lowest BCUT2D eigenvalue weighted by atomic mass is 9.95. The Hall–Kier alpha value is -1.39. The van der Waals surface area contributed by atoms with Gasteiger partial charge in [0.2, 0.25) is 0 Å². The topological polar surface area (TPSA) is 55.1 Å². The van der Waals surface area contributed by atoms with E-state index in [2.05, 4.69) is 17.4 Å². The van der Waals surface area contributed by atoms with Gasteiger partial charge < -0.3 is 11.1 Å². The number of rotatable bonds is 2. The molecule has 2 heterocycles. The number of carbonyl (C=O) groups excluding carboxylic acids is 1. The minimum atomic E-state index is -0.298. The molecular formula is C13H14N2OS. The molecule has 1 amide bonds. The second-order valence-corrected chi connectivity index (χ2v) is 5.45. The average molecular weight is 246 g/mol. The fraction of sp³-hybridized carbons (Fsp3) is 0.308. The van der Waals surface area contributed by atoms with Crippen LogP contribution in [0, 0.1) is 0 Å². The number of nitrogens with one attached hydrogen (secondary N) is 1. The summed E-state index contributed by atoms with van der Waals surface area (Å²) in [6.45, 7) is 1.97. The summed E-state index contributed by atoms with van der Waals surface area (Å²) >= 11 is 1.52. The summed E-state index contributed by atoms with van der Waals surface area (Å²) < 4.78 is 1.16. The quantitative estimate of drug-likeness (QED) is 0.852. The zero-order valence-corrected chi connectivity index (χ0v) is 10.2. The van der Waals surface area contributed by atoms with Crippen molar-refractivity contribution in [3.63, 3.8) is 0 Å². The molecule has 1 atom stereocenters. The summed E-state index contributed by atoms with van der Waals surface area (Å²) in [6.07, 6.45) is 1.08. The van der Waals surface area contributed by atoms with Crippen molar-refractivity contribution in [3.8, 4) is 0 Å². The Kier molecular flexibility index (Phi) is 2.61. The van der Waals surface area contributed by atoms with Crippen LogP contribution in [0.15, 0.2) is 24.3 Å². The zero-order valence-electron chi connectivity index (χ0n) is 9.40. The van der Waals surface area contributed by atoms with Crippen molar-refractivity contribution < 1.29 is 4.79 Å². The lowest BCUT2D eigenvalue weighted by Crippen LogP contribution is -2.14. The minimum absolute atomic E-state index is 0.298. The van der Waals surface area contributed by atoms with E-state index in [1.807, 2.05) is 12.1 Å². The van der Waals surface area contributed by atoms with Crippen molar-refractivity contribution in [2.75, 3.05) is 13.1 Å². The van der Waals surface area contributed by atoms with Crippen LogP contribution in [0.1, 0.15) is 27.6 Å². The highest BCUT2D eigenvalue weighted by molar-refractivity contribution is 7.21. The molecule has 0 spiro atoms. The summed E-state index contributed by atoms with van der Waals surface area (Å²) in [5, 5.41) is 4.54. The molecule has 4 heteroatoms. The Bertz CT molecular complexity index is 570. The van der Waals surface area contributed by atoms with Crippen LogP contribution in [0.5, 0.6) is 0 Å². The smallest absolute Gasteiger partial charge is 0.259 e. The highest BCUT2D eigenvalue weighted by atomic mass is 32.1. The average Bonchev–Trinajstić information content (AvgIpc) is 2.94. The van der Waals surface area contributed by atoms with E-state index in [0.29, 0.717) is 5.92 Å². The van der Waals surface area contributed by atoms with Crippen LogP contribution >= 0.6 is 11.3 Å². The molecule has 2 aromatic rings. The molecule has 1 aliphatic heterocycles. The van der Waals surface area contributed by atoms with Crippen molar-refractivity contribution in [1.29, 1.82) is 0 Å². The number of primary amides is 1. The van der Waals surface area contributed by atoms with Gasteiger partial charge in [-0.3, -0.25) is 4.79 Å². The Labute approximate surface area is 104 Å². The maximum atomic E-state index is 11.6. The second-order valence-electron chi connectivity index (χ2n) is 4.39. The predicted molar refractivity (Wildman–Crippen MR) is 70.6 cm³/mol. The molecule has 3 nitrogen and oxygen atoms in total. The van der Waals surface area contributed by atoms with Gasteiger partial charge in [0.25, 0.3) is 5.91 Å². The molecule has 1 aliphatic rings. The molecule has 0 saturated carbocycles. The molecule has 1 saturated heterocycles. The SMILES string of the molecule is NC(=O)c1sc2ccccc2c1[C@H]1CCNC1. The summed E-state index contributed by atoms with van der Waals surface area (Å²) in [5.74, 6) is 0.127. The van der Waals surface area contributed by atoms with E-state index in [4.69, 9.17) is 5.73 Å². The highest BCUT2D eigenvalue weighted by Crippen LogP contribution is 2.38. The first-order valence-electron chi connectivity index (χ1n) is 5.79. The van der Waals surface area contributed by atoms with Gasteiger partial charge in [0, 0.05) is 11.2 Å². The van der Waals surface area contributed by atoms with Crippen molar-refractivity contribution in [2.45, 2.75) is 12.3 Å². The largest absolute Gasteiger partial charge is 0.365 e. The Balaban J connectivity index is 2.24. The van der Waals surface area contributed by atoms with Gasteiger partial charge >= 0.3 is 0 Å². The molecule has 3 N–H and O–H groups in total. The van der Waals surface area contributed by atoms with Gasteiger partial charge in [0.05, 0.1) is 4.88 Å². The van der Waals surface area contributed by atoms with Crippen LogP contribution in [-0.2, 0) is 0 Å². The fourth-order valence-corrected chi connectivity index (χ4v) is 3.70. The van der Waals surface area contributed by atoms with Gasteiger partial charge in [-0.15, -0.1) is 11.3 Å². The van der Waals surface area contributed by atoms with E-state index in [9.17, 15) is 4.79 Å². The zero-order chi connectivity index (χ0) is 11.8. The van der Waals surface area contributed by atoms with E-state index >= 15 is 0 Å². The van der Waals surface area contributed by atoms with Crippen molar-refractivity contribution in [2.24, 2.45) is 5.73 Å². The third-order valence-electron chi connectivity index (χ3n) is 3.33. The molecule has 3 rings (SSSR count). The molecule has 0 unspecified atom stereocenters. The van der Waals surface area contributed by atoms with Crippen LogP contribution < -0.4 is 11.1 Å². The van der Waals surface area contributed by atoms with Gasteiger partial charge in [0.15, 0.2) is 0 Å². The number of hydrogen-bond acceptors (Lipinski definition) is 3. The van der Waals surface area contributed by atoms with Crippen LogP contribution in [0.4, 0.5) is 0 Å². The maximum Gasteiger partial charge on any atom is 0.259 e. The van der Waals surface area contributed by atoms with Crippen LogP contribution in [-0.4, -0.2) is 19.0 Å². The number of benzene rings is 1. The lowest BCUT2D eigenvalue weighted by Gasteiger charge is -2.09. The van der Waals surface area contributed by atoms with Gasteiger partial charge in [0.1, 0.15) is 0 Å². The molecule has 88 valence electrons. The third kappa shape index (κ3) is 1.73. The van der Waals surface area contributed by atoms with Crippen molar-refractivity contribution >= 4 is 27.3 Å². The molecule has 1 aromatic heterocycles. The van der Waals surface area contributed by atoms with Gasteiger partial charge in [-0.05, 0) is 35.9 Å². The predicted octanol–water partition coefficient (Wildman–Crippen LogP) is 2.08. The molecule has 1 fully saturated rings. The fourth-order valence-electron chi connectivity index (χ4n) is 2.55. The van der Waals surface area contributed by atoms with Crippen LogP contribution in [0.3, 0.4) is 0 Å². The second kappa shape index (κ2) is 4.13. The first-order chi connectivity index (χ1) is 8.27. The Morgan fingerprint density at radius 1 is 1.41 bits per heavy atom. The van der Waals surface area contributed by atoms with Crippen molar-refractivity contribution in [1.82, 2.24) is 5.32 Å². The summed E-state index contributed by atoms with van der Waals surface area (Å²) in [7, 11) is 0. The lowest BCUT2D eigenvalue weighted by molar-refractivity contribution is 0.100. The van der Waals surface area contributed by atoms with Crippen molar-refractivity contribution in [3.05, 3.63) is 34.7 Å². The van der Waals surface area contributed by atoms with E-state index in [-0.39, 0.29) is 5.91 Å². The molecular weight excluding hydrogens is 232 g/mol. The summed E-state index contributed by atoms with van der Waals surface area (Å²) in [5.41, 5.74) is 6.65. The first kappa shape index (κ1) is 10.7. The van der Waals surface area contributed by atoms with Gasteiger partial charge in [-0.25, -0.2) is 0 Å². The number of thiophene rings is 1. The van der Waals surface area contributed by atoms with Crippen LogP contribution in [0.2, 0.25) is 0 Å². The number of hydrogen-bond donors (Lipinski definition) is 2. The Morgan fingerprint density at radius 3 is 2.94 bits per heavy atom. The summed E-state index contributed by atoms with van der Waals surface area (Å²) in [6, 6.07) is 8.16. The third-order valence-corrected chi connectivity index (χ3v) is 4.53. The van der Waals surface area contributed by atoms with Gasteiger partial charge in [-0.2, -0.15) is 0 Å². The number of fused-ring (bicyclic) bond motifs is 1. The van der Waals surface area contributed by atoms with E-state index in [0.717, 1.165) is 34.7 Å². The molecule has 0 radical (unpaired) electrons. The summed E-state index contributed by atoms with van der Waals surface area (Å²) in [4.78, 5) is 12.3. The van der Waals surface area contributed by atoms with Gasteiger partial charge in [-0.1, -0.05) is 18.2 Å². The molecule has 1 aromatic carbocycles. The monoisotopic (exact) mass is 246 g/mol. The minimum Gasteiger partial charge on any atom is -0.365 e. The van der Waals surface area contributed by atoms with E-state index < -0.39 is 0 Å². The highest BCUT2D eigenvalue weighted by Gasteiger charge is 2.25. The maximum absolute atomic E-state index is 11.6. The van der Waals surface area contributed by atoms with E-state index in [1.54, 1.807) is 0 Å². The Morgan fingerprint density at radius 2 is 2.24 bits per heavy atom.